The molecule has 0 amide bonds. The van der Waals surface area contributed by atoms with Crippen LogP contribution in [0.3, 0.4) is 0 Å². The second-order valence-electron chi connectivity index (χ2n) is 4.28. The van der Waals surface area contributed by atoms with Gasteiger partial charge in [-0.1, -0.05) is 6.92 Å². The van der Waals surface area contributed by atoms with Gasteiger partial charge in [-0.05, 0) is 18.2 Å². The van der Waals surface area contributed by atoms with Crippen LogP contribution in [0.2, 0.25) is 0 Å². The number of anilines is 1. The molecule has 1 aromatic carbocycles. The minimum absolute atomic E-state index is 0.0982. The zero-order chi connectivity index (χ0) is 14.8. The number of nitrogens with two attached hydrogens (primary N) is 1. The Bertz CT molecular complexity index is 588. The Kier molecular flexibility index (Phi) is 4.48. The Balaban J connectivity index is 3.00. The Morgan fingerprint density at radius 2 is 2.11 bits per heavy atom. The van der Waals surface area contributed by atoms with Gasteiger partial charge in [0.15, 0.2) is 0 Å². The van der Waals surface area contributed by atoms with Crippen molar-refractivity contribution >= 4 is 21.7 Å². The minimum atomic E-state index is -3.96. The zero-order valence-electron chi connectivity index (χ0n) is 10.5. The molecule has 0 spiro atoms. The average molecular weight is 290 g/mol. The van der Waals surface area contributed by atoms with Crippen LogP contribution in [0.25, 0.3) is 0 Å². The van der Waals surface area contributed by atoms with E-state index in [-0.39, 0.29) is 17.1 Å². The first-order valence-corrected chi connectivity index (χ1v) is 6.94. The Morgan fingerprint density at radius 3 is 2.53 bits per heavy atom. The summed E-state index contributed by atoms with van der Waals surface area (Å²) in [6, 6.07) is 3.24. The SMILES string of the molecule is CC(CN(C)c1ccc(S(N)(=O)=O)cc1F)C(=O)O. The molecule has 0 heterocycles. The molecule has 19 heavy (non-hydrogen) atoms. The molecular formula is C11H15FN2O4S. The topological polar surface area (TPSA) is 101 Å². The lowest BCUT2D eigenvalue weighted by atomic mass is 10.1. The summed E-state index contributed by atoms with van der Waals surface area (Å²) in [5.41, 5.74) is 0.112. The third kappa shape index (κ3) is 3.90. The summed E-state index contributed by atoms with van der Waals surface area (Å²) in [6.45, 7) is 1.59. The van der Waals surface area contributed by atoms with E-state index in [9.17, 15) is 17.6 Å². The largest absolute Gasteiger partial charge is 0.481 e. The highest BCUT2D eigenvalue weighted by Crippen LogP contribution is 2.22. The number of primary sulfonamides is 1. The molecule has 0 aliphatic rings. The predicted molar refractivity (Wildman–Crippen MR) is 67.8 cm³/mol. The van der Waals surface area contributed by atoms with Crippen LogP contribution >= 0.6 is 0 Å². The fourth-order valence-electron chi connectivity index (χ4n) is 1.56. The highest BCUT2D eigenvalue weighted by Gasteiger charge is 2.18. The number of carbonyl (C=O) groups is 1. The quantitative estimate of drug-likeness (QED) is 0.828. The number of halogens is 1. The van der Waals surface area contributed by atoms with Crippen molar-refractivity contribution in [3.8, 4) is 0 Å². The molecule has 0 fully saturated rings. The molecule has 0 aliphatic carbocycles. The van der Waals surface area contributed by atoms with E-state index in [2.05, 4.69) is 0 Å². The molecule has 0 bridgehead atoms. The molecule has 6 nitrogen and oxygen atoms in total. The molecule has 0 aliphatic heterocycles. The van der Waals surface area contributed by atoms with Gasteiger partial charge in [0.1, 0.15) is 5.82 Å². The molecule has 1 unspecified atom stereocenters. The maximum Gasteiger partial charge on any atom is 0.308 e. The average Bonchev–Trinajstić information content (AvgIpc) is 2.27. The number of rotatable bonds is 5. The van der Waals surface area contributed by atoms with Crippen LogP contribution in [0.1, 0.15) is 6.92 Å². The lowest BCUT2D eigenvalue weighted by Gasteiger charge is -2.22. The second kappa shape index (κ2) is 5.54. The van der Waals surface area contributed by atoms with E-state index in [1.54, 1.807) is 0 Å². The normalized spacial score (nSPS) is 13.1. The van der Waals surface area contributed by atoms with Crippen molar-refractivity contribution in [1.29, 1.82) is 0 Å². The lowest BCUT2D eigenvalue weighted by Crippen LogP contribution is -2.29. The number of carboxylic acid groups (broad SMARTS) is 1. The van der Waals surface area contributed by atoms with Gasteiger partial charge in [-0.15, -0.1) is 0 Å². The zero-order valence-corrected chi connectivity index (χ0v) is 11.3. The predicted octanol–water partition coefficient (Wildman–Crippen LogP) is 0.630. The molecule has 3 N–H and O–H groups in total. The van der Waals surface area contributed by atoms with E-state index in [1.165, 1.54) is 31.0 Å². The van der Waals surface area contributed by atoms with Gasteiger partial charge in [-0.2, -0.15) is 0 Å². The van der Waals surface area contributed by atoms with Crippen LogP contribution in [0.15, 0.2) is 23.1 Å². The first-order valence-electron chi connectivity index (χ1n) is 5.39. The van der Waals surface area contributed by atoms with Crippen LogP contribution in [-0.4, -0.2) is 33.1 Å². The number of carboxylic acids is 1. The Morgan fingerprint density at radius 1 is 1.53 bits per heavy atom. The smallest absolute Gasteiger partial charge is 0.308 e. The third-order valence-corrected chi connectivity index (χ3v) is 3.54. The number of sulfonamides is 1. The Hall–Kier alpha value is -1.67. The molecular weight excluding hydrogens is 275 g/mol. The van der Waals surface area contributed by atoms with Gasteiger partial charge in [0.25, 0.3) is 0 Å². The number of hydrogen-bond donors (Lipinski definition) is 2. The van der Waals surface area contributed by atoms with Gasteiger partial charge in [-0.3, -0.25) is 4.79 Å². The van der Waals surface area contributed by atoms with E-state index in [4.69, 9.17) is 10.2 Å². The maximum atomic E-state index is 13.8. The molecule has 0 saturated carbocycles. The van der Waals surface area contributed by atoms with Gasteiger partial charge in [0.2, 0.25) is 10.0 Å². The van der Waals surface area contributed by atoms with E-state index >= 15 is 0 Å². The number of benzene rings is 1. The number of aliphatic carboxylic acids is 1. The van der Waals surface area contributed by atoms with Crippen molar-refractivity contribution in [2.45, 2.75) is 11.8 Å². The summed E-state index contributed by atoms with van der Waals surface area (Å²) in [5.74, 6) is -2.44. The first-order chi connectivity index (χ1) is 8.62. The van der Waals surface area contributed by atoms with Crippen molar-refractivity contribution in [3.63, 3.8) is 0 Å². The molecule has 0 aromatic heterocycles. The van der Waals surface area contributed by atoms with E-state index in [1.807, 2.05) is 0 Å². The fraction of sp³-hybridized carbons (Fsp3) is 0.364. The molecule has 0 saturated heterocycles. The highest BCUT2D eigenvalue weighted by atomic mass is 32.2. The van der Waals surface area contributed by atoms with Gasteiger partial charge >= 0.3 is 5.97 Å². The minimum Gasteiger partial charge on any atom is -0.481 e. The van der Waals surface area contributed by atoms with E-state index < -0.39 is 27.7 Å². The van der Waals surface area contributed by atoms with Crippen LogP contribution in [0.4, 0.5) is 10.1 Å². The Labute approximate surface area is 110 Å². The van der Waals surface area contributed by atoms with Crippen LogP contribution in [0.5, 0.6) is 0 Å². The second-order valence-corrected chi connectivity index (χ2v) is 5.84. The third-order valence-electron chi connectivity index (χ3n) is 2.63. The summed E-state index contributed by atoms with van der Waals surface area (Å²) >= 11 is 0. The molecule has 0 radical (unpaired) electrons. The molecule has 8 heteroatoms. The molecule has 1 rings (SSSR count). The van der Waals surface area contributed by atoms with Crippen LogP contribution in [0, 0.1) is 11.7 Å². The van der Waals surface area contributed by atoms with Crippen molar-refractivity contribution in [3.05, 3.63) is 24.0 Å². The first kappa shape index (κ1) is 15.4. The van der Waals surface area contributed by atoms with Crippen molar-refractivity contribution in [2.75, 3.05) is 18.5 Å². The maximum absolute atomic E-state index is 13.8. The van der Waals surface area contributed by atoms with Crippen LogP contribution in [-0.2, 0) is 14.8 Å². The molecule has 1 atom stereocenters. The van der Waals surface area contributed by atoms with Crippen molar-refractivity contribution in [2.24, 2.45) is 11.1 Å². The summed E-state index contributed by atoms with van der Waals surface area (Å²) in [7, 11) is -2.43. The van der Waals surface area contributed by atoms with E-state index in [0.717, 1.165) is 6.07 Å². The van der Waals surface area contributed by atoms with E-state index in [0.29, 0.717) is 0 Å². The van der Waals surface area contributed by atoms with Gasteiger partial charge in [0.05, 0.1) is 16.5 Å². The van der Waals surface area contributed by atoms with Crippen molar-refractivity contribution in [1.82, 2.24) is 0 Å². The monoisotopic (exact) mass is 290 g/mol. The molecule has 106 valence electrons. The lowest BCUT2D eigenvalue weighted by molar-refractivity contribution is -0.140. The summed E-state index contributed by atoms with van der Waals surface area (Å²) < 4.78 is 35.9. The van der Waals surface area contributed by atoms with Crippen molar-refractivity contribution < 1.29 is 22.7 Å². The number of nitrogens with zero attached hydrogens (tertiary/aromatic N) is 1. The summed E-state index contributed by atoms with van der Waals surface area (Å²) in [4.78, 5) is 11.8. The fourth-order valence-corrected chi connectivity index (χ4v) is 2.09. The van der Waals surface area contributed by atoms with Gasteiger partial charge < -0.3 is 10.0 Å². The standard InChI is InChI=1S/C11H15FN2O4S/c1-7(11(15)16)6-14(2)10-4-3-8(5-9(10)12)19(13,17)18/h3-5,7H,6H2,1-2H3,(H,15,16)(H2,13,17,18). The summed E-state index contributed by atoms with van der Waals surface area (Å²) in [6.07, 6.45) is 0. The van der Waals surface area contributed by atoms with Gasteiger partial charge in [0, 0.05) is 13.6 Å². The van der Waals surface area contributed by atoms with Gasteiger partial charge in [-0.25, -0.2) is 17.9 Å². The van der Waals surface area contributed by atoms with Crippen LogP contribution < -0.4 is 10.0 Å². The molecule has 1 aromatic rings. The highest BCUT2D eigenvalue weighted by molar-refractivity contribution is 7.89. The summed E-state index contributed by atoms with van der Waals surface area (Å²) in [5, 5.41) is 13.7. The number of hydrogen-bond acceptors (Lipinski definition) is 4.